The van der Waals surface area contributed by atoms with Crippen molar-refractivity contribution in [3.63, 3.8) is 0 Å². The number of ether oxygens (including phenoxy) is 3. The van der Waals surface area contributed by atoms with E-state index in [1.165, 1.54) is 14.2 Å². The number of hydrogen-bond donors (Lipinski definition) is 1. The number of methoxy groups -OCH3 is 2. The lowest BCUT2D eigenvalue weighted by Gasteiger charge is -2.24. The van der Waals surface area contributed by atoms with Gasteiger partial charge in [-0.05, 0) is 39.5 Å². The molecule has 2 atom stereocenters. The topological polar surface area (TPSA) is 90.9 Å². The number of esters is 3. The molecule has 1 N–H and O–H groups in total. The van der Waals surface area contributed by atoms with E-state index in [-0.39, 0.29) is 18.8 Å². The number of nitrogens with one attached hydrogen (secondary N) is 1. The summed E-state index contributed by atoms with van der Waals surface area (Å²) in [5.41, 5.74) is -0.586. The molecule has 0 aromatic rings. The summed E-state index contributed by atoms with van der Waals surface area (Å²) in [5.74, 6) is -1.16. The van der Waals surface area contributed by atoms with E-state index in [9.17, 15) is 14.4 Å². The molecule has 0 aromatic heterocycles. The second-order valence-electron chi connectivity index (χ2n) is 7.07. The Balaban J connectivity index is 4.89. The average Bonchev–Trinajstić information content (AvgIpc) is 2.46. The van der Waals surface area contributed by atoms with Crippen molar-refractivity contribution in [2.75, 3.05) is 14.2 Å². The van der Waals surface area contributed by atoms with E-state index >= 15 is 0 Å². The van der Waals surface area contributed by atoms with E-state index in [0.29, 0.717) is 6.42 Å². The van der Waals surface area contributed by atoms with Gasteiger partial charge in [-0.15, -0.1) is 0 Å². The molecule has 0 aliphatic rings. The van der Waals surface area contributed by atoms with E-state index in [1.54, 1.807) is 20.8 Å². The van der Waals surface area contributed by atoms with Crippen LogP contribution >= 0.6 is 0 Å². The van der Waals surface area contributed by atoms with Gasteiger partial charge in [0.1, 0.15) is 17.7 Å². The molecule has 0 fully saturated rings. The Morgan fingerprint density at radius 3 is 1.88 bits per heavy atom. The van der Waals surface area contributed by atoms with Gasteiger partial charge in [0.25, 0.3) is 0 Å². The quantitative estimate of drug-likeness (QED) is 0.503. The van der Waals surface area contributed by atoms with Crippen LogP contribution in [0.2, 0.25) is 0 Å². The van der Waals surface area contributed by atoms with Crippen LogP contribution in [0.15, 0.2) is 0 Å². The monoisotopic (exact) mass is 345 g/mol. The maximum absolute atomic E-state index is 12.0. The molecule has 0 rings (SSSR count). The van der Waals surface area contributed by atoms with Crippen LogP contribution < -0.4 is 5.32 Å². The summed E-state index contributed by atoms with van der Waals surface area (Å²) in [7, 11) is 2.56. The largest absolute Gasteiger partial charge is 0.468 e. The summed E-state index contributed by atoms with van der Waals surface area (Å²) in [6, 6.07) is -1.43. The summed E-state index contributed by atoms with van der Waals surface area (Å²) in [5, 5.41) is 2.95. The molecule has 7 heteroatoms. The summed E-state index contributed by atoms with van der Waals surface area (Å²) < 4.78 is 14.8. The Bertz CT molecular complexity index is 427. The van der Waals surface area contributed by atoms with Crippen molar-refractivity contribution in [1.29, 1.82) is 0 Å². The van der Waals surface area contributed by atoms with Crippen LogP contribution in [-0.4, -0.2) is 49.8 Å². The fraction of sp³-hybridized carbons (Fsp3) is 0.824. The van der Waals surface area contributed by atoms with E-state index < -0.39 is 35.6 Å². The van der Waals surface area contributed by atoms with Gasteiger partial charge in [0, 0.05) is 6.42 Å². The third-order valence-corrected chi connectivity index (χ3v) is 3.14. The zero-order valence-corrected chi connectivity index (χ0v) is 15.8. The molecule has 0 spiro atoms. The first-order chi connectivity index (χ1) is 11.0. The second kappa shape index (κ2) is 10.3. The fourth-order valence-corrected chi connectivity index (χ4v) is 2.16. The van der Waals surface area contributed by atoms with Gasteiger partial charge in [0.15, 0.2) is 0 Å². The van der Waals surface area contributed by atoms with Crippen molar-refractivity contribution in [3.8, 4) is 0 Å². The van der Waals surface area contributed by atoms with E-state index in [1.807, 2.05) is 13.8 Å². The molecule has 0 bridgehead atoms. The zero-order chi connectivity index (χ0) is 18.9. The lowest BCUT2D eigenvalue weighted by atomic mass is 10.0. The standard InChI is InChI=1S/C17H31NO6/c1-11(2)10-13(16(21)23-7)18-12(15(20)22-6)8-9-14(19)24-17(3,4)5/h11-13,18H,8-10H2,1-7H3/t12-,13-/m0/s1. The minimum Gasteiger partial charge on any atom is -0.468 e. The van der Waals surface area contributed by atoms with Gasteiger partial charge < -0.3 is 14.2 Å². The predicted octanol–water partition coefficient (Wildman–Crippen LogP) is 1.83. The van der Waals surface area contributed by atoms with Crippen molar-refractivity contribution >= 4 is 17.9 Å². The Kier molecular flexibility index (Phi) is 9.58. The van der Waals surface area contributed by atoms with E-state index in [2.05, 4.69) is 5.32 Å². The normalized spacial score (nSPS) is 14.0. The van der Waals surface area contributed by atoms with Crippen molar-refractivity contribution in [2.45, 2.75) is 71.6 Å². The average molecular weight is 345 g/mol. The molecule has 0 unspecified atom stereocenters. The molecule has 0 heterocycles. The van der Waals surface area contributed by atoms with Gasteiger partial charge in [-0.2, -0.15) is 0 Å². The molecule has 0 amide bonds. The molecular formula is C17H31NO6. The van der Waals surface area contributed by atoms with Crippen LogP contribution in [0, 0.1) is 5.92 Å². The van der Waals surface area contributed by atoms with Crippen molar-refractivity contribution in [1.82, 2.24) is 5.32 Å². The maximum atomic E-state index is 12.0. The SMILES string of the molecule is COC(=O)[C@H](CCC(=O)OC(C)(C)C)N[C@@H](CC(C)C)C(=O)OC. The van der Waals surface area contributed by atoms with E-state index in [0.717, 1.165) is 0 Å². The Labute approximate surface area is 144 Å². The van der Waals surface area contributed by atoms with E-state index in [4.69, 9.17) is 14.2 Å². The fourth-order valence-electron chi connectivity index (χ4n) is 2.16. The van der Waals surface area contributed by atoms with Crippen LogP contribution in [0.25, 0.3) is 0 Å². The van der Waals surface area contributed by atoms with Crippen LogP contribution in [0.3, 0.4) is 0 Å². The molecule has 140 valence electrons. The maximum Gasteiger partial charge on any atom is 0.322 e. The predicted molar refractivity (Wildman–Crippen MR) is 89.3 cm³/mol. The summed E-state index contributed by atoms with van der Waals surface area (Å²) in [6.45, 7) is 9.25. The summed E-state index contributed by atoms with van der Waals surface area (Å²) >= 11 is 0. The van der Waals surface area contributed by atoms with Gasteiger partial charge >= 0.3 is 17.9 Å². The molecule has 0 aliphatic heterocycles. The minimum atomic E-state index is -0.787. The van der Waals surface area contributed by atoms with Crippen LogP contribution in [0.4, 0.5) is 0 Å². The number of hydrogen-bond acceptors (Lipinski definition) is 7. The highest BCUT2D eigenvalue weighted by Crippen LogP contribution is 2.13. The molecule has 0 saturated heterocycles. The van der Waals surface area contributed by atoms with Gasteiger partial charge in [0.05, 0.1) is 14.2 Å². The lowest BCUT2D eigenvalue weighted by Crippen LogP contribution is -2.48. The molecule has 24 heavy (non-hydrogen) atoms. The highest BCUT2D eigenvalue weighted by Gasteiger charge is 2.29. The highest BCUT2D eigenvalue weighted by molar-refractivity contribution is 5.80. The van der Waals surface area contributed by atoms with Crippen molar-refractivity contribution in [2.24, 2.45) is 5.92 Å². The Morgan fingerprint density at radius 1 is 0.958 bits per heavy atom. The molecular weight excluding hydrogens is 314 g/mol. The first kappa shape index (κ1) is 22.4. The third kappa shape index (κ3) is 9.50. The molecule has 0 aliphatic carbocycles. The highest BCUT2D eigenvalue weighted by atomic mass is 16.6. The van der Waals surface area contributed by atoms with Crippen LogP contribution in [-0.2, 0) is 28.6 Å². The Hall–Kier alpha value is -1.63. The number of carbonyl (C=O) groups excluding carboxylic acids is 3. The molecule has 7 nitrogen and oxygen atoms in total. The van der Waals surface area contributed by atoms with Gasteiger partial charge in [-0.3, -0.25) is 19.7 Å². The van der Waals surface area contributed by atoms with Gasteiger partial charge in [-0.25, -0.2) is 0 Å². The van der Waals surface area contributed by atoms with Crippen LogP contribution in [0.5, 0.6) is 0 Å². The third-order valence-electron chi connectivity index (χ3n) is 3.14. The number of rotatable bonds is 9. The lowest BCUT2D eigenvalue weighted by molar-refractivity contribution is -0.155. The number of carbonyl (C=O) groups is 3. The van der Waals surface area contributed by atoms with Crippen LogP contribution in [0.1, 0.15) is 53.9 Å². The van der Waals surface area contributed by atoms with Crippen molar-refractivity contribution in [3.05, 3.63) is 0 Å². The molecule has 0 saturated carbocycles. The summed E-state index contributed by atoms with van der Waals surface area (Å²) in [6.07, 6.45) is 0.722. The first-order valence-electron chi connectivity index (χ1n) is 8.13. The summed E-state index contributed by atoms with van der Waals surface area (Å²) in [4.78, 5) is 35.7. The smallest absolute Gasteiger partial charge is 0.322 e. The second-order valence-corrected chi connectivity index (χ2v) is 7.07. The van der Waals surface area contributed by atoms with Gasteiger partial charge in [0.2, 0.25) is 0 Å². The minimum absolute atomic E-state index is 0.0413. The molecule has 0 radical (unpaired) electrons. The molecule has 0 aromatic carbocycles. The Morgan fingerprint density at radius 2 is 1.46 bits per heavy atom. The van der Waals surface area contributed by atoms with Crippen molar-refractivity contribution < 1.29 is 28.6 Å². The zero-order valence-electron chi connectivity index (χ0n) is 15.8. The first-order valence-corrected chi connectivity index (χ1v) is 8.13. The van der Waals surface area contributed by atoms with Gasteiger partial charge in [-0.1, -0.05) is 13.8 Å².